The molecule has 2 N–H and O–H groups in total. The van der Waals surface area contributed by atoms with Crippen molar-refractivity contribution in [2.45, 2.75) is 13.8 Å². The summed E-state index contributed by atoms with van der Waals surface area (Å²) < 4.78 is 0. The van der Waals surface area contributed by atoms with Crippen molar-refractivity contribution in [3.8, 4) is 0 Å². The van der Waals surface area contributed by atoms with Crippen molar-refractivity contribution in [3.63, 3.8) is 0 Å². The fourth-order valence-corrected chi connectivity index (χ4v) is 0.874. The number of nitrogens with zero attached hydrogens (tertiary/aromatic N) is 2. The van der Waals surface area contributed by atoms with Crippen LogP contribution in [0.4, 0.5) is 5.82 Å². The molecule has 0 aliphatic rings. The molecule has 14 heavy (non-hydrogen) atoms. The van der Waals surface area contributed by atoms with E-state index in [0.29, 0.717) is 5.69 Å². The number of rotatable bonds is 2. The predicted molar refractivity (Wildman–Crippen MR) is 48.0 cm³/mol. The Bertz CT molecular complexity index is 389. The third-order valence-electron chi connectivity index (χ3n) is 1.46. The van der Waals surface area contributed by atoms with Gasteiger partial charge in [-0.3, -0.25) is 4.79 Å². The number of carbonyl (C=O) groups is 2. The van der Waals surface area contributed by atoms with Crippen LogP contribution in [0.15, 0.2) is 6.20 Å². The number of carboxylic acids is 1. The average molecular weight is 195 g/mol. The van der Waals surface area contributed by atoms with Crippen LogP contribution in [0.5, 0.6) is 0 Å². The van der Waals surface area contributed by atoms with Crippen molar-refractivity contribution in [3.05, 3.63) is 17.6 Å². The van der Waals surface area contributed by atoms with Crippen molar-refractivity contribution >= 4 is 17.7 Å². The minimum atomic E-state index is -1.14. The van der Waals surface area contributed by atoms with Gasteiger partial charge in [0.25, 0.3) is 0 Å². The Kier molecular flexibility index (Phi) is 2.76. The molecule has 0 saturated heterocycles. The van der Waals surface area contributed by atoms with Crippen molar-refractivity contribution in [2.24, 2.45) is 0 Å². The van der Waals surface area contributed by atoms with Gasteiger partial charge in [-0.05, 0) is 6.92 Å². The first-order chi connectivity index (χ1) is 6.50. The summed E-state index contributed by atoms with van der Waals surface area (Å²) in [6.07, 6.45) is 1.10. The molecule has 0 aliphatic heterocycles. The Labute approximate surface area is 80.0 Å². The molecule has 0 unspecified atom stereocenters. The van der Waals surface area contributed by atoms with Gasteiger partial charge in [-0.15, -0.1) is 0 Å². The average Bonchev–Trinajstić information content (AvgIpc) is 2.07. The van der Waals surface area contributed by atoms with Gasteiger partial charge in [-0.1, -0.05) is 0 Å². The molecule has 6 nitrogen and oxygen atoms in total. The summed E-state index contributed by atoms with van der Waals surface area (Å²) in [5.74, 6) is -1.14. The molecule has 1 amide bonds. The zero-order valence-electron chi connectivity index (χ0n) is 7.74. The topological polar surface area (TPSA) is 92.2 Å². The first kappa shape index (κ1) is 10.1. The van der Waals surface area contributed by atoms with E-state index in [-0.39, 0.29) is 17.4 Å². The molecule has 0 fully saturated rings. The maximum Gasteiger partial charge on any atom is 0.356 e. The van der Waals surface area contributed by atoms with E-state index in [1.165, 1.54) is 6.92 Å². The number of nitrogens with one attached hydrogen (secondary N) is 1. The highest BCUT2D eigenvalue weighted by molar-refractivity contribution is 5.89. The highest BCUT2D eigenvalue weighted by atomic mass is 16.4. The third kappa shape index (κ3) is 2.25. The monoisotopic (exact) mass is 195 g/mol. The van der Waals surface area contributed by atoms with Crippen molar-refractivity contribution in [2.75, 3.05) is 5.32 Å². The lowest BCUT2D eigenvalue weighted by Gasteiger charge is -2.04. The summed E-state index contributed by atoms with van der Waals surface area (Å²) >= 11 is 0. The molecule has 1 rings (SSSR count). The maximum absolute atomic E-state index is 10.7. The molecule has 0 spiro atoms. The molecule has 0 aliphatic carbocycles. The molecule has 0 aromatic carbocycles. The minimum absolute atomic E-state index is 0.142. The van der Waals surface area contributed by atoms with Crippen molar-refractivity contribution in [1.29, 1.82) is 0 Å². The summed E-state index contributed by atoms with van der Waals surface area (Å²) in [7, 11) is 0. The fraction of sp³-hybridized carbons (Fsp3) is 0.250. The zero-order chi connectivity index (χ0) is 10.7. The second-order valence-electron chi connectivity index (χ2n) is 2.68. The molecule has 0 bridgehead atoms. The second kappa shape index (κ2) is 3.82. The number of carbonyl (C=O) groups excluding carboxylic acids is 1. The van der Waals surface area contributed by atoms with Gasteiger partial charge in [0.15, 0.2) is 11.5 Å². The van der Waals surface area contributed by atoms with E-state index in [1.807, 2.05) is 0 Å². The fourth-order valence-electron chi connectivity index (χ4n) is 0.874. The molecule has 1 heterocycles. The summed E-state index contributed by atoms with van der Waals surface area (Å²) in [5, 5.41) is 11.0. The number of carboxylic acid groups (broad SMARTS) is 1. The normalized spacial score (nSPS) is 9.57. The van der Waals surface area contributed by atoms with Gasteiger partial charge in [-0.2, -0.15) is 0 Å². The molecule has 1 aromatic heterocycles. The van der Waals surface area contributed by atoms with Crippen LogP contribution in [0.3, 0.4) is 0 Å². The smallest absolute Gasteiger partial charge is 0.356 e. The van der Waals surface area contributed by atoms with E-state index in [4.69, 9.17) is 5.11 Å². The van der Waals surface area contributed by atoms with Crippen LogP contribution >= 0.6 is 0 Å². The van der Waals surface area contributed by atoms with Crippen LogP contribution in [0, 0.1) is 6.92 Å². The minimum Gasteiger partial charge on any atom is -0.476 e. The van der Waals surface area contributed by atoms with Gasteiger partial charge < -0.3 is 10.4 Å². The highest BCUT2D eigenvalue weighted by Crippen LogP contribution is 2.08. The van der Waals surface area contributed by atoms with Crippen molar-refractivity contribution < 1.29 is 14.7 Å². The molecule has 74 valence electrons. The Morgan fingerprint density at radius 3 is 2.57 bits per heavy atom. The SMILES string of the molecule is CC(=O)Nc1ncc(C(=O)O)nc1C. The summed E-state index contributed by atoms with van der Waals surface area (Å²) in [5.41, 5.74) is 0.233. The lowest BCUT2D eigenvalue weighted by Crippen LogP contribution is -2.12. The molecular formula is C8H9N3O3. The van der Waals surface area contributed by atoms with E-state index >= 15 is 0 Å². The molecule has 0 atom stereocenters. The van der Waals surface area contributed by atoms with Crippen LogP contribution in [0.2, 0.25) is 0 Å². The number of aromatic nitrogens is 2. The Morgan fingerprint density at radius 1 is 1.50 bits per heavy atom. The van der Waals surface area contributed by atoms with E-state index < -0.39 is 5.97 Å². The number of amides is 1. The van der Waals surface area contributed by atoms with Gasteiger partial charge >= 0.3 is 5.97 Å². The van der Waals surface area contributed by atoms with Gasteiger partial charge in [0.05, 0.1) is 11.9 Å². The van der Waals surface area contributed by atoms with E-state index in [1.54, 1.807) is 6.92 Å². The van der Waals surface area contributed by atoms with Gasteiger partial charge in [-0.25, -0.2) is 14.8 Å². The molecule has 0 saturated carbocycles. The zero-order valence-corrected chi connectivity index (χ0v) is 7.74. The summed E-state index contributed by atoms with van der Waals surface area (Å²) in [6, 6.07) is 0. The van der Waals surface area contributed by atoms with Crippen LogP contribution in [-0.4, -0.2) is 27.0 Å². The molecule has 6 heteroatoms. The van der Waals surface area contributed by atoms with Crippen molar-refractivity contribution in [1.82, 2.24) is 9.97 Å². The van der Waals surface area contributed by atoms with Crippen LogP contribution in [-0.2, 0) is 4.79 Å². The lowest BCUT2D eigenvalue weighted by molar-refractivity contribution is -0.114. The Balaban J connectivity index is 3.01. The van der Waals surface area contributed by atoms with Gasteiger partial charge in [0.2, 0.25) is 5.91 Å². The third-order valence-corrected chi connectivity index (χ3v) is 1.46. The first-order valence-electron chi connectivity index (χ1n) is 3.85. The van der Waals surface area contributed by atoms with Crippen LogP contribution in [0.25, 0.3) is 0 Å². The predicted octanol–water partition coefficient (Wildman–Crippen LogP) is 0.442. The van der Waals surface area contributed by atoms with Crippen LogP contribution < -0.4 is 5.32 Å². The van der Waals surface area contributed by atoms with E-state index in [2.05, 4.69) is 15.3 Å². The quantitative estimate of drug-likeness (QED) is 0.714. The number of hydrogen-bond donors (Lipinski definition) is 2. The summed E-state index contributed by atoms with van der Waals surface area (Å²) in [4.78, 5) is 28.7. The molecule has 0 radical (unpaired) electrons. The lowest BCUT2D eigenvalue weighted by atomic mass is 10.4. The highest BCUT2D eigenvalue weighted by Gasteiger charge is 2.09. The standard InChI is InChI=1S/C8H9N3O3/c1-4-7(11-5(2)12)9-3-6(10-4)8(13)14/h3H,1-2H3,(H,13,14)(H,9,11,12). The van der Waals surface area contributed by atoms with Gasteiger partial charge in [0.1, 0.15) is 0 Å². The number of hydrogen-bond acceptors (Lipinski definition) is 4. The van der Waals surface area contributed by atoms with Crippen LogP contribution in [0.1, 0.15) is 23.1 Å². The Hall–Kier alpha value is -1.98. The number of aromatic carboxylic acids is 1. The maximum atomic E-state index is 10.7. The number of anilines is 1. The second-order valence-corrected chi connectivity index (χ2v) is 2.68. The number of aryl methyl sites for hydroxylation is 1. The largest absolute Gasteiger partial charge is 0.476 e. The first-order valence-corrected chi connectivity index (χ1v) is 3.85. The molecule has 1 aromatic rings. The van der Waals surface area contributed by atoms with Gasteiger partial charge in [0, 0.05) is 6.92 Å². The molecular weight excluding hydrogens is 186 g/mol. The van der Waals surface area contributed by atoms with E-state index in [0.717, 1.165) is 6.20 Å². The Morgan fingerprint density at radius 2 is 2.14 bits per heavy atom. The summed E-state index contributed by atoms with van der Waals surface area (Å²) in [6.45, 7) is 2.91. The van der Waals surface area contributed by atoms with E-state index in [9.17, 15) is 9.59 Å².